The molecule has 0 radical (unpaired) electrons. The topological polar surface area (TPSA) is 57.6 Å². The summed E-state index contributed by atoms with van der Waals surface area (Å²) < 4.78 is 0. The van der Waals surface area contributed by atoms with E-state index in [-0.39, 0.29) is 11.2 Å². The molecular weight excluding hydrogens is 250 g/mol. The fourth-order valence-electron chi connectivity index (χ4n) is 2.91. The number of aliphatic carboxylic acids is 1. The molecule has 1 N–H and O–H groups in total. The monoisotopic (exact) mass is 271 g/mol. The number of thioether (sulfide) groups is 1. The molecule has 5 heteroatoms. The minimum absolute atomic E-state index is 0.0754. The lowest BCUT2D eigenvalue weighted by Gasteiger charge is -2.40. The Bertz CT molecular complexity index is 341. The first-order valence-electron chi connectivity index (χ1n) is 6.73. The van der Waals surface area contributed by atoms with Crippen LogP contribution < -0.4 is 0 Å². The molecule has 2 rings (SSSR count). The lowest BCUT2D eigenvalue weighted by molar-refractivity contribution is -0.155. The van der Waals surface area contributed by atoms with E-state index in [9.17, 15) is 14.7 Å². The van der Waals surface area contributed by atoms with Crippen molar-refractivity contribution in [1.82, 2.24) is 4.90 Å². The molecule has 18 heavy (non-hydrogen) atoms. The summed E-state index contributed by atoms with van der Waals surface area (Å²) in [6.07, 6.45) is 4.16. The quantitative estimate of drug-likeness (QED) is 0.853. The second-order valence-corrected chi connectivity index (χ2v) is 6.61. The number of carbonyl (C=O) groups excluding carboxylic acids is 1. The van der Waals surface area contributed by atoms with Gasteiger partial charge in [0.2, 0.25) is 5.91 Å². The molecule has 2 unspecified atom stereocenters. The highest BCUT2D eigenvalue weighted by molar-refractivity contribution is 8.00. The highest BCUT2D eigenvalue weighted by Crippen LogP contribution is 2.36. The number of likely N-dealkylation sites (tertiary alicyclic amines) is 1. The van der Waals surface area contributed by atoms with Crippen LogP contribution in [0, 0.1) is 5.41 Å². The van der Waals surface area contributed by atoms with E-state index in [1.54, 1.807) is 16.7 Å². The Morgan fingerprint density at radius 3 is 2.78 bits per heavy atom. The summed E-state index contributed by atoms with van der Waals surface area (Å²) in [6, 6.07) is 0. The van der Waals surface area contributed by atoms with Crippen LogP contribution in [0.5, 0.6) is 0 Å². The van der Waals surface area contributed by atoms with Gasteiger partial charge in [-0.15, -0.1) is 11.8 Å². The second kappa shape index (κ2) is 5.51. The highest BCUT2D eigenvalue weighted by atomic mass is 32.2. The molecule has 102 valence electrons. The third kappa shape index (κ3) is 2.51. The van der Waals surface area contributed by atoms with Crippen LogP contribution in [0.2, 0.25) is 0 Å². The number of nitrogens with zero attached hydrogens (tertiary/aromatic N) is 1. The molecule has 2 aliphatic rings. The minimum Gasteiger partial charge on any atom is -0.481 e. The minimum atomic E-state index is -0.749. The Morgan fingerprint density at radius 1 is 1.44 bits per heavy atom. The molecule has 2 fully saturated rings. The van der Waals surface area contributed by atoms with Crippen LogP contribution in [0.25, 0.3) is 0 Å². The third-order valence-corrected chi connectivity index (χ3v) is 5.59. The van der Waals surface area contributed by atoms with Gasteiger partial charge < -0.3 is 10.0 Å². The molecular formula is C13H21NO3S. The SMILES string of the molecule is CCC1(C(=O)O)CCCN(C(=O)C2CCCS2)C1. The number of carboxylic acid groups (broad SMARTS) is 1. The summed E-state index contributed by atoms with van der Waals surface area (Å²) in [7, 11) is 0. The van der Waals surface area contributed by atoms with Gasteiger partial charge in [-0.05, 0) is 37.9 Å². The summed E-state index contributed by atoms with van der Waals surface area (Å²) in [5.74, 6) is 0.472. The summed E-state index contributed by atoms with van der Waals surface area (Å²) in [5, 5.41) is 9.49. The number of amides is 1. The van der Waals surface area contributed by atoms with Crippen LogP contribution in [-0.2, 0) is 9.59 Å². The first-order chi connectivity index (χ1) is 8.59. The number of hydrogen-bond acceptors (Lipinski definition) is 3. The molecule has 2 heterocycles. The Morgan fingerprint density at radius 2 is 2.22 bits per heavy atom. The van der Waals surface area contributed by atoms with Gasteiger partial charge >= 0.3 is 5.97 Å². The summed E-state index contributed by atoms with van der Waals surface area (Å²) in [5.41, 5.74) is -0.711. The predicted molar refractivity (Wildman–Crippen MR) is 71.7 cm³/mol. The van der Waals surface area contributed by atoms with Gasteiger partial charge in [-0.2, -0.15) is 0 Å². The Kier molecular flexibility index (Phi) is 4.20. The molecule has 1 amide bonds. The van der Waals surface area contributed by atoms with Crippen molar-refractivity contribution in [1.29, 1.82) is 0 Å². The molecule has 2 saturated heterocycles. The maximum Gasteiger partial charge on any atom is 0.311 e. The van der Waals surface area contributed by atoms with Gasteiger partial charge in [0.05, 0.1) is 10.7 Å². The van der Waals surface area contributed by atoms with E-state index in [2.05, 4.69) is 0 Å². The van der Waals surface area contributed by atoms with Gasteiger partial charge in [0.15, 0.2) is 0 Å². The van der Waals surface area contributed by atoms with Gasteiger partial charge in [-0.25, -0.2) is 0 Å². The molecule has 0 saturated carbocycles. The molecule has 2 aliphatic heterocycles. The van der Waals surface area contributed by atoms with Crippen molar-refractivity contribution in [3.63, 3.8) is 0 Å². The van der Waals surface area contributed by atoms with E-state index < -0.39 is 11.4 Å². The van der Waals surface area contributed by atoms with Crippen LogP contribution in [-0.4, -0.2) is 46.0 Å². The smallest absolute Gasteiger partial charge is 0.311 e. The van der Waals surface area contributed by atoms with Gasteiger partial charge in [-0.1, -0.05) is 6.92 Å². The van der Waals surface area contributed by atoms with Crippen LogP contribution in [0.15, 0.2) is 0 Å². The number of hydrogen-bond donors (Lipinski definition) is 1. The number of carbonyl (C=O) groups is 2. The molecule has 0 spiro atoms. The summed E-state index contributed by atoms with van der Waals surface area (Å²) in [4.78, 5) is 25.6. The lowest BCUT2D eigenvalue weighted by atomic mass is 9.77. The van der Waals surface area contributed by atoms with Gasteiger partial charge in [-0.3, -0.25) is 9.59 Å². The highest BCUT2D eigenvalue weighted by Gasteiger charge is 2.43. The average Bonchev–Trinajstić information content (AvgIpc) is 2.91. The predicted octanol–water partition coefficient (Wildman–Crippen LogP) is 1.99. The van der Waals surface area contributed by atoms with Gasteiger partial charge in [0.25, 0.3) is 0 Å². The van der Waals surface area contributed by atoms with Crippen LogP contribution in [0.3, 0.4) is 0 Å². The largest absolute Gasteiger partial charge is 0.481 e. The van der Waals surface area contributed by atoms with Crippen molar-refractivity contribution in [2.24, 2.45) is 5.41 Å². The van der Waals surface area contributed by atoms with Crippen molar-refractivity contribution >= 4 is 23.6 Å². The molecule has 0 aromatic heterocycles. The van der Waals surface area contributed by atoms with E-state index in [1.807, 2.05) is 6.92 Å². The Balaban J connectivity index is 2.05. The van der Waals surface area contributed by atoms with Gasteiger partial charge in [0, 0.05) is 13.1 Å². The molecule has 0 aromatic rings. The molecule has 0 bridgehead atoms. The van der Waals surface area contributed by atoms with Crippen molar-refractivity contribution in [3.05, 3.63) is 0 Å². The standard InChI is InChI=1S/C13H21NO3S/c1-2-13(12(16)17)6-4-7-14(9-13)11(15)10-5-3-8-18-10/h10H,2-9H2,1H3,(H,16,17). The summed E-state index contributed by atoms with van der Waals surface area (Å²) in [6.45, 7) is 3.03. The normalized spacial score (nSPS) is 32.5. The van der Waals surface area contributed by atoms with Crippen molar-refractivity contribution in [3.8, 4) is 0 Å². The molecule has 0 aliphatic carbocycles. The van der Waals surface area contributed by atoms with Crippen LogP contribution in [0.1, 0.15) is 39.0 Å². The zero-order chi connectivity index (χ0) is 13.2. The first kappa shape index (κ1) is 13.7. The second-order valence-electron chi connectivity index (χ2n) is 5.30. The van der Waals surface area contributed by atoms with E-state index in [0.29, 0.717) is 19.4 Å². The lowest BCUT2D eigenvalue weighted by Crippen LogP contribution is -2.51. The maximum absolute atomic E-state index is 12.3. The van der Waals surface area contributed by atoms with E-state index in [0.717, 1.165) is 31.6 Å². The number of piperidine rings is 1. The first-order valence-corrected chi connectivity index (χ1v) is 7.78. The summed E-state index contributed by atoms with van der Waals surface area (Å²) >= 11 is 1.72. The molecule has 4 nitrogen and oxygen atoms in total. The van der Waals surface area contributed by atoms with Gasteiger partial charge in [0.1, 0.15) is 0 Å². The number of rotatable bonds is 3. The van der Waals surface area contributed by atoms with E-state index in [4.69, 9.17) is 0 Å². The zero-order valence-corrected chi connectivity index (χ0v) is 11.7. The van der Waals surface area contributed by atoms with Crippen LogP contribution >= 0.6 is 11.8 Å². The third-order valence-electron chi connectivity index (χ3n) is 4.22. The average molecular weight is 271 g/mol. The number of carboxylic acids is 1. The van der Waals surface area contributed by atoms with E-state index >= 15 is 0 Å². The maximum atomic E-state index is 12.3. The van der Waals surface area contributed by atoms with Crippen LogP contribution in [0.4, 0.5) is 0 Å². The van der Waals surface area contributed by atoms with E-state index in [1.165, 1.54) is 0 Å². The zero-order valence-electron chi connectivity index (χ0n) is 10.9. The molecule has 0 aromatic carbocycles. The Labute approximate surface area is 112 Å². The fraction of sp³-hybridized carbons (Fsp3) is 0.846. The van der Waals surface area contributed by atoms with Crippen molar-refractivity contribution in [2.45, 2.75) is 44.3 Å². The van der Waals surface area contributed by atoms with Crippen molar-refractivity contribution in [2.75, 3.05) is 18.8 Å². The fourth-order valence-corrected chi connectivity index (χ4v) is 4.15. The van der Waals surface area contributed by atoms with Crippen molar-refractivity contribution < 1.29 is 14.7 Å². The molecule has 2 atom stereocenters. The Hall–Kier alpha value is -0.710.